The van der Waals surface area contributed by atoms with Gasteiger partial charge >= 0.3 is 0 Å². The average Bonchev–Trinajstić information content (AvgIpc) is 1.89. The van der Waals surface area contributed by atoms with E-state index in [-0.39, 0.29) is 6.73 Å². The van der Waals surface area contributed by atoms with E-state index < -0.39 is 0 Å². The molecule has 3 nitrogen and oxygen atoms in total. The zero-order chi connectivity index (χ0) is 7.11. The lowest BCUT2D eigenvalue weighted by atomic mass is 10.3. The van der Waals surface area contributed by atoms with Crippen LogP contribution in [0.25, 0.3) is 0 Å². The second-order valence-corrected chi connectivity index (χ2v) is 1.61. The number of hydrogen-bond acceptors (Lipinski definition) is 3. The highest BCUT2D eigenvalue weighted by atomic mass is 16.3. The van der Waals surface area contributed by atoms with Crippen molar-refractivity contribution in [2.45, 2.75) is 13.8 Å². The molecule has 0 spiro atoms. The summed E-state index contributed by atoms with van der Waals surface area (Å²) in [5.41, 5.74) is 3.46. The highest BCUT2D eigenvalue weighted by Gasteiger charge is 1.75. The monoisotopic (exact) mass is 128 g/mol. The number of aliphatic hydroxyl groups is 1. The number of nitrogens with one attached hydrogen (secondary N) is 1. The molecule has 0 aromatic heterocycles. The molecule has 0 bridgehead atoms. The van der Waals surface area contributed by atoms with Gasteiger partial charge < -0.3 is 5.11 Å². The minimum Gasteiger partial charge on any atom is -0.375 e. The molecule has 0 unspecified atom stereocenters. The summed E-state index contributed by atoms with van der Waals surface area (Å²) in [7, 11) is 0. The molecule has 0 aliphatic heterocycles. The number of hydrazone groups is 1. The molecule has 0 amide bonds. The standard InChI is InChI=1S/C6H12N2O/c1-3-6(2)4-7-8-5-9/h3-4,8-9H,5H2,1-2H3/b6-3+,7-4-. The van der Waals surface area contributed by atoms with Crippen LogP contribution in [0, 0.1) is 0 Å². The largest absolute Gasteiger partial charge is 0.375 e. The van der Waals surface area contributed by atoms with Crippen LogP contribution in [0.4, 0.5) is 0 Å². The summed E-state index contributed by atoms with van der Waals surface area (Å²) in [5, 5.41) is 11.9. The summed E-state index contributed by atoms with van der Waals surface area (Å²) in [6.07, 6.45) is 3.58. The molecule has 3 heteroatoms. The fraction of sp³-hybridized carbons (Fsp3) is 0.500. The van der Waals surface area contributed by atoms with Crippen LogP contribution < -0.4 is 5.43 Å². The fourth-order valence-corrected chi connectivity index (χ4v) is 0.263. The molecule has 0 heterocycles. The predicted molar refractivity (Wildman–Crippen MR) is 38.1 cm³/mol. The van der Waals surface area contributed by atoms with Crippen LogP contribution in [0.5, 0.6) is 0 Å². The van der Waals surface area contributed by atoms with Gasteiger partial charge in [-0.1, -0.05) is 6.08 Å². The van der Waals surface area contributed by atoms with Crippen LogP contribution in [-0.2, 0) is 0 Å². The molecule has 0 radical (unpaired) electrons. The highest BCUT2D eigenvalue weighted by Crippen LogP contribution is 1.83. The van der Waals surface area contributed by atoms with Crippen molar-refractivity contribution in [3.05, 3.63) is 11.6 Å². The number of hydrogen-bond donors (Lipinski definition) is 2. The van der Waals surface area contributed by atoms with Gasteiger partial charge in [-0.25, -0.2) is 0 Å². The van der Waals surface area contributed by atoms with Gasteiger partial charge in [-0.05, 0) is 19.4 Å². The molecule has 0 aromatic rings. The Hall–Kier alpha value is -0.830. The molecule has 0 aliphatic carbocycles. The van der Waals surface area contributed by atoms with Gasteiger partial charge in [0.05, 0.1) is 0 Å². The van der Waals surface area contributed by atoms with Gasteiger partial charge in [-0.2, -0.15) is 5.10 Å². The van der Waals surface area contributed by atoms with Crippen molar-refractivity contribution >= 4 is 6.21 Å². The number of nitrogens with zero attached hydrogens (tertiary/aromatic N) is 1. The molecule has 0 atom stereocenters. The van der Waals surface area contributed by atoms with Crippen LogP contribution in [0.1, 0.15) is 13.8 Å². The maximum atomic E-state index is 8.21. The molecule has 2 N–H and O–H groups in total. The Morgan fingerprint density at radius 2 is 2.44 bits per heavy atom. The second kappa shape index (κ2) is 5.31. The molecular weight excluding hydrogens is 116 g/mol. The van der Waals surface area contributed by atoms with Gasteiger partial charge in [0.15, 0.2) is 0 Å². The third kappa shape index (κ3) is 5.03. The zero-order valence-electron chi connectivity index (χ0n) is 5.76. The summed E-state index contributed by atoms with van der Waals surface area (Å²) in [6, 6.07) is 0. The zero-order valence-corrected chi connectivity index (χ0v) is 5.76. The minimum atomic E-state index is -0.118. The SMILES string of the molecule is C/C=C(C)/C=N\NCO. The van der Waals surface area contributed by atoms with Crippen molar-refractivity contribution in [3.8, 4) is 0 Å². The quantitative estimate of drug-likeness (QED) is 0.330. The third-order valence-corrected chi connectivity index (χ3v) is 0.886. The van der Waals surface area contributed by atoms with Crippen LogP contribution >= 0.6 is 0 Å². The van der Waals surface area contributed by atoms with Crippen molar-refractivity contribution in [2.75, 3.05) is 6.73 Å². The Kier molecular flexibility index (Phi) is 4.82. The third-order valence-electron chi connectivity index (χ3n) is 0.886. The Bertz CT molecular complexity index is 118. The van der Waals surface area contributed by atoms with E-state index in [0.29, 0.717) is 0 Å². The first-order valence-corrected chi connectivity index (χ1v) is 2.81. The molecule has 0 fully saturated rings. The summed E-state index contributed by atoms with van der Waals surface area (Å²) in [6.45, 7) is 3.75. The van der Waals surface area contributed by atoms with Crippen molar-refractivity contribution < 1.29 is 5.11 Å². The van der Waals surface area contributed by atoms with Gasteiger partial charge in [-0.3, -0.25) is 5.43 Å². The predicted octanol–water partition coefficient (Wildman–Crippen LogP) is 0.478. The molecule has 52 valence electrons. The lowest BCUT2D eigenvalue weighted by molar-refractivity contribution is 0.264. The maximum Gasteiger partial charge on any atom is 0.128 e. The van der Waals surface area contributed by atoms with Crippen molar-refractivity contribution in [2.24, 2.45) is 5.10 Å². The van der Waals surface area contributed by atoms with Crippen LogP contribution in [0.15, 0.2) is 16.8 Å². The number of allylic oxidation sites excluding steroid dienone is 2. The highest BCUT2D eigenvalue weighted by molar-refractivity contribution is 5.77. The Morgan fingerprint density at radius 1 is 1.78 bits per heavy atom. The van der Waals surface area contributed by atoms with Gasteiger partial charge in [0.2, 0.25) is 0 Å². The van der Waals surface area contributed by atoms with Crippen molar-refractivity contribution in [1.82, 2.24) is 5.43 Å². The van der Waals surface area contributed by atoms with E-state index in [9.17, 15) is 0 Å². The van der Waals surface area contributed by atoms with E-state index in [4.69, 9.17) is 5.11 Å². The Labute approximate surface area is 55.1 Å². The van der Waals surface area contributed by atoms with Gasteiger partial charge in [0.1, 0.15) is 6.73 Å². The van der Waals surface area contributed by atoms with Gasteiger partial charge in [-0.15, -0.1) is 0 Å². The van der Waals surface area contributed by atoms with Crippen molar-refractivity contribution in [1.29, 1.82) is 0 Å². The number of aliphatic hydroxyl groups excluding tert-OH is 1. The summed E-state index contributed by atoms with van der Waals surface area (Å²) in [4.78, 5) is 0. The normalized spacial score (nSPS) is 12.6. The van der Waals surface area contributed by atoms with Gasteiger partial charge in [0, 0.05) is 6.21 Å². The van der Waals surface area contributed by atoms with Crippen LogP contribution in [0.2, 0.25) is 0 Å². The Balaban J connectivity index is 3.45. The van der Waals surface area contributed by atoms with E-state index in [2.05, 4.69) is 10.5 Å². The summed E-state index contributed by atoms with van der Waals surface area (Å²) < 4.78 is 0. The summed E-state index contributed by atoms with van der Waals surface area (Å²) in [5.74, 6) is 0. The Morgan fingerprint density at radius 3 is 2.89 bits per heavy atom. The van der Waals surface area contributed by atoms with E-state index in [1.807, 2.05) is 19.9 Å². The second-order valence-electron chi connectivity index (χ2n) is 1.61. The fourth-order valence-electron chi connectivity index (χ4n) is 0.263. The molecule has 0 rings (SSSR count). The first-order valence-electron chi connectivity index (χ1n) is 2.81. The molecule has 9 heavy (non-hydrogen) atoms. The first kappa shape index (κ1) is 8.17. The molecular formula is C6H12N2O. The smallest absolute Gasteiger partial charge is 0.128 e. The molecule has 0 aliphatic rings. The van der Waals surface area contributed by atoms with E-state index >= 15 is 0 Å². The molecule has 0 aromatic carbocycles. The maximum absolute atomic E-state index is 8.21. The lowest BCUT2D eigenvalue weighted by Gasteiger charge is -1.90. The van der Waals surface area contributed by atoms with E-state index in [1.54, 1.807) is 6.21 Å². The average molecular weight is 128 g/mol. The summed E-state index contributed by atoms with van der Waals surface area (Å²) >= 11 is 0. The van der Waals surface area contributed by atoms with Gasteiger partial charge in [0.25, 0.3) is 0 Å². The number of rotatable bonds is 3. The minimum absolute atomic E-state index is 0.118. The van der Waals surface area contributed by atoms with E-state index in [0.717, 1.165) is 5.57 Å². The first-order chi connectivity index (χ1) is 4.31. The lowest BCUT2D eigenvalue weighted by Crippen LogP contribution is -2.05. The van der Waals surface area contributed by atoms with Crippen molar-refractivity contribution in [3.63, 3.8) is 0 Å². The molecule has 0 saturated heterocycles. The molecule has 0 saturated carbocycles. The van der Waals surface area contributed by atoms with Crippen LogP contribution in [0.3, 0.4) is 0 Å². The van der Waals surface area contributed by atoms with Crippen LogP contribution in [-0.4, -0.2) is 18.1 Å². The van der Waals surface area contributed by atoms with E-state index in [1.165, 1.54) is 0 Å². The topological polar surface area (TPSA) is 44.6 Å².